The lowest BCUT2D eigenvalue weighted by Crippen LogP contribution is -2.28. The van der Waals surface area contributed by atoms with Crippen LogP contribution in [0, 0.1) is 0 Å². The molecule has 0 radical (unpaired) electrons. The van der Waals surface area contributed by atoms with Gasteiger partial charge in [0.2, 0.25) is 0 Å². The predicted molar refractivity (Wildman–Crippen MR) is 242 cm³/mol. The molecule has 0 saturated heterocycles. The van der Waals surface area contributed by atoms with Crippen LogP contribution in [-0.4, -0.2) is 0 Å². The Hall–Kier alpha value is -7.22. The van der Waals surface area contributed by atoms with Crippen molar-refractivity contribution in [2.24, 2.45) is 0 Å². The summed E-state index contributed by atoms with van der Waals surface area (Å²) in [6, 6.07) is 82.8. The largest absolute Gasteiger partial charge is 0.311 e. The van der Waals surface area contributed by atoms with Crippen LogP contribution in [0.2, 0.25) is 0 Å². The lowest BCUT2D eigenvalue weighted by Gasteiger charge is -2.34. The molecule has 1 heteroatoms. The molecule has 9 aromatic carbocycles. The Balaban J connectivity index is 1.03. The van der Waals surface area contributed by atoms with Gasteiger partial charge in [0.15, 0.2) is 0 Å². The Bertz CT molecular complexity index is 2860. The van der Waals surface area contributed by atoms with Gasteiger partial charge in [0.05, 0.1) is 5.41 Å². The maximum absolute atomic E-state index is 2.39. The van der Waals surface area contributed by atoms with Crippen molar-refractivity contribution in [3.05, 3.63) is 258 Å². The summed E-state index contributed by atoms with van der Waals surface area (Å²) in [5.74, 6) is 0. The summed E-state index contributed by atoms with van der Waals surface area (Å²) in [4.78, 5) is 2.39. The minimum absolute atomic E-state index is 0.438. The summed E-state index contributed by atoms with van der Waals surface area (Å²) < 4.78 is 0. The minimum Gasteiger partial charge on any atom is -0.311 e. The first kappa shape index (κ1) is 34.1. The molecule has 0 unspecified atom stereocenters. The third-order valence-corrected chi connectivity index (χ3v) is 12.5. The smallest absolute Gasteiger partial charge is 0.0713 e. The average Bonchev–Trinajstić information content (AvgIpc) is 3.61. The number of anilines is 3. The van der Waals surface area contributed by atoms with Crippen LogP contribution in [0.25, 0.3) is 44.5 Å². The van der Waals surface area contributed by atoms with Gasteiger partial charge in [0, 0.05) is 17.1 Å². The highest BCUT2D eigenvalue weighted by atomic mass is 15.1. The minimum atomic E-state index is -0.438. The van der Waals surface area contributed by atoms with Crippen molar-refractivity contribution in [2.75, 3.05) is 4.90 Å². The van der Waals surface area contributed by atoms with E-state index >= 15 is 0 Å². The van der Waals surface area contributed by atoms with Crippen molar-refractivity contribution in [3.63, 3.8) is 0 Å². The zero-order chi connectivity index (χ0) is 38.5. The first-order valence-corrected chi connectivity index (χ1v) is 20.4. The molecular formula is C57H41N. The highest BCUT2D eigenvalue weighted by Gasteiger charge is 2.45. The SMILES string of the molecule is c1ccc(-c2ccc(N(c3ccc(-c4cccc5c4CCc4ccccc4-5)cc3)c3ccc(C4(c5ccccc5)c5ccccc5-c5ccccc54)cc3)cc2)cc1. The number of nitrogens with zero attached hydrogens (tertiary/aromatic N) is 1. The molecule has 0 atom stereocenters. The van der Waals surface area contributed by atoms with Crippen LogP contribution in [-0.2, 0) is 18.3 Å². The molecule has 0 spiro atoms. The third kappa shape index (κ3) is 5.46. The van der Waals surface area contributed by atoms with Gasteiger partial charge in [-0.15, -0.1) is 0 Å². The number of hydrogen-bond donors (Lipinski definition) is 0. The average molecular weight is 740 g/mol. The Kier molecular flexibility index (Phi) is 8.26. The second-order valence-corrected chi connectivity index (χ2v) is 15.5. The monoisotopic (exact) mass is 739 g/mol. The fourth-order valence-corrected chi connectivity index (χ4v) is 9.88. The van der Waals surface area contributed by atoms with E-state index in [9.17, 15) is 0 Å². The molecule has 274 valence electrons. The molecule has 0 fully saturated rings. The molecule has 0 saturated carbocycles. The topological polar surface area (TPSA) is 3.24 Å². The predicted octanol–water partition coefficient (Wildman–Crippen LogP) is 14.6. The lowest BCUT2D eigenvalue weighted by molar-refractivity contribution is 0.768. The Morgan fingerprint density at radius 2 is 0.741 bits per heavy atom. The molecule has 0 aromatic heterocycles. The Morgan fingerprint density at radius 1 is 0.293 bits per heavy atom. The van der Waals surface area contributed by atoms with Gasteiger partial charge < -0.3 is 4.90 Å². The van der Waals surface area contributed by atoms with Crippen molar-refractivity contribution in [2.45, 2.75) is 18.3 Å². The van der Waals surface area contributed by atoms with E-state index in [1.165, 1.54) is 77.9 Å². The zero-order valence-corrected chi connectivity index (χ0v) is 32.2. The molecule has 58 heavy (non-hydrogen) atoms. The molecule has 0 aliphatic heterocycles. The number of benzene rings is 9. The van der Waals surface area contributed by atoms with Crippen LogP contribution in [0.5, 0.6) is 0 Å². The molecule has 11 rings (SSSR count). The summed E-state index contributed by atoms with van der Waals surface area (Å²) in [5.41, 5.74) is 21.3. The van der Waals surface area contributed by atoms with Crippen LogP contribution < -0.4 is 4.90 Å². The van der Waals surface area contributed by atoms with Gasteiger partial charge in [0.25, 0.3) is 0 Å². The van der Waals surface area contributed by atoms with Gasteiger partial charge in [0.1, 0.15) is 0 Å². The highest BCUT2D eigenvalue weighted by Crippen LogP contribution is 2.56. The molecule has 0 heterocycles. The van der Waals surface area contributed by atoms with E-state index in [2.05, 4.69) is 229 Å². The van der Waals surface area contributed by atoms with Crippen molar-refractivity contribution in [1.82, 2.24) is 0 Å². The normalized spacial score (nSPS) is 13.2. The molecule has 9 aromatic rings. The fourth-order valence-electron chi connectivity index (χ4n) is 9.88. The Labute approximate surface area is 341 Å². The summed E-state index contributed by atoms with van der Waals surface area (Å²) in [6.07, 6.45) is 2.12. The summed E-state index contributed by atoms with van der Waals surface area (Å²) >= 11 is 0. The standard InChI is InChI=1S/C57H41N/c1-3-14-40(15-4-1)41-26-33-46(34-27-41)58(47-35-28-43(29-36-47)50-22-13-23-51-49-19-8-7-16-42(49)30-39-52(50)51)48-37-31-45(32-38-48)57(44-17-5-2-6-18-44)55-24-11-9-20-53(55)54-21-10-12-25-56(54)57/h1-29,31-38H,30,39H2. The van der Waals surface area contributed by atoms with Crippen LogP contribution in [0.3, 0.4) is 0 Å². The molecule has 0 N–H and O–H groups in total. The third-order valence-electron chi connectivity index (χ3n) is 12.5. The Morgan fingerprint density at radius 3 is 1.38 bits per heavy atom. The summed E-state index contributed by atoms with van der Waals surface area (Å²) in [6.45, 7) is 0. The molecule has 2 aliphatic carbocycles. The zero-order valence-electron chi connectivity index (χ0n) is 32.2. The van der Waals surface area contributed by atoms with E-state index < -0.39 is 5.41 Å². The summed E-state index contributed by atoms with van der Waals surface area (Å²) in [7, 11) is 0. The van der Waals surface area contributed by atoms with Crippen LogP contribution in [0.4, 0.5) is 17.1 Å². The number of aryl methyl sites for hydroxylation is 1. The van der Waals surface area contributed by atoms with E-state index in [1.54, 1.807) is 0 Å². The van der Waals surface area contributed by atoms with Gasteiger partial charge in [-0.05, 0) is 127 Å². The van der Waals surface area contributed by atoms with Crippen molar-refractivity contribution < 1.29 is 0 Å². The van der Waals surface area contributed by atoms with Gasteiger partial charge in [-0.2, -0.15) is 0 Å². The molecular weight excluding hydrogens is 699 g/mol. The quantitative estimate of drug-likeness (QED) is 0.157. The van der Waals surface area contributed by atoms with Gasteiger partial charge >= 0.3 is 0 Å². The fraction of sp³-hybridized carbons (Fsp3) is 0.0526. The van der Waals surface area contributed by atoms with E-state index in [4.69, 9.17) is 0 Å². The maximum Gasteiger partial charge on any atom is 0.0713 e. The maximum atomic E-state index is 2.39. The number of fused-ring (bicyclic) bond motifs is 6. The first-order valence-electron chi connectivity index (χ1n) is 20.4. The lowest BCUT2D eigenvalue weighted by atomic mass is 9.68. The van der Waals surface area contributed by atoms with Crippen molar-refractivity contribution in [1.29, 1.82) is 0 Å². The highest BCUT2D eigenvalue weighted by molar-refractivity contribution is 5.88. The van der Waals surface area contributed by atoms with Crippen molar-refractivity contribution >= 4 is 17.1 Å². The van der Waals surface area contributed by atoms with E-state index in [0.29, 0.717) is 0 Å². The first-order chi connectivity index (χ1) is 28.8. The van der Waals surface area contributed by atoms with Gasteiger partial charge in [-0.25, -0.2) is 0 Å². The van der Waals surface area contributed by atoms with Crippen LogP contribution >= 0.6 is 0 Å². The molecule has 1 nitrogen and oxygen atoms in total. The number of hydrogen-bond acceptors (Lipinski definition) is 1. The van der Waals surface area contributed by atoms with E-state index in [0.717, 1.165) is 29.9 Å². The van der Waals surface area contributed by atoms with Crippen LogP contribution in [0.15, 0.2) is 224 Å². The van der Waals surface area contributed by atoms with E-state index in [1.807, 2.05) is 0 Å². The number of rotatable bonds is 7. The second kappa shape index (κ2) is 14.1. The molecule has 0 bridgehead atoms. The second-order valence-electron chi connectivity index (χ2n) is 15.5. The van der Waals surface area contributed by atoms with Gasteiger partial charge in [-0.3, -0.25) is 0 Å². The van der Waals surface area contributed by atoms with E-state index in [-0.39, 0.29) is 0 Å². The van der Waals surface area contributed by atoms with Crippen molar-refractivity contribution in [3.8, 4) is 44.5 Å². The summed E-state index contributed by atoms with van der Waals surface area (Å²) in [5, 5.41) is 0. The van der Waals surface area contributed by atoms with Gasteiger partial charge in [-0.1, -0.05) is 188 Å². The molecule has 0 amide bonds. The van der Waals surface area contributed by atoms with Crippen LogP contribution in [0.1, 0.15) is 33.4 Å². The molecule has 2 aliphatic rings.